The maximum atomic E-state index is 12.5. The molecule has 0 aromatic heterocycles. The van der Waals surface area contributed by atoms with Gasteiger partial charge in [-0.15, -0.1) is 0 Å². The van der Waals surface area contributed by atoms with Gasteiger partial charge in [-0.2, -0.15) is 0 Å². The van der Waals surface area contributed by atoms with Crippen molar-refractivity contribution in [2.24, 2.45) is 11.8 Å². The predicted octanol–water partition coefficient (Wildman–Crippen LogP) is 2.17. The minimum absolute atomic E-state index is 0.0447. The molecule has 0 spiro atoms. The molecular formula is C18H21N3O2. The fraction of sp³-hybridized carbons (Fsp3) is 0.222. The molecule has 120 valence electrons. The molecule has 0 saturated carbocycles. The fourth-order valence-corrected chi connectivity index (χ4v) is 2.32. The zero-order valence-electron chi connectivity index (χ0n) is 13.1. The quantitative estimate of drug-likeness (QED) is 0.434. The van der Waals surface area contributed by atoms with Gasteiger partial charge in [0.05, 0.1) is 5.92 Å². The Bertz CT molecular complexity index is 654. The molecule has 5 heteroatoms. The van der Waals surface area contributed by atoms with Crippen LogP contribution < -0.4 is 16.6 Å². The second kappa shape index (κ2) is 8.10. The summed E-state index contributed by atoms with van der Waals surface area (Å²) >= 11 is 0. The summed E-state index contributed by atoms with van der Waals surface area (Å²) in [6, 6.07) is 17.1. The van der Waals surface area contributed by atoms with Crippen LogP contribution in [0.2, 0.25) is 0 Å². The van der Waals surface area contributed by atoms with E-state index < -0.39 is 5.92 Å². The Morgan fingerprint density at radius 2 is 1.70 bits per heavy atom. The molecule has 0 aliphatic heterocycles. The molecule has 1 atom stereocenters. The third-order valence-corrected chi connectivity index (χ3v) is 3.61. The SMILES string of the molecule is Cc1ccc(NC(=O)[C@H](CC(=O)NN)Cc2ccccc2)cc1. The minimum Gasteiger partial charge on any atom is -0.326 e. The van der Waals surface area contributed by atoms with Gasteiger partial charge in [0.25, 0.3) is 0 Å². The number of rotatable bonds is 6. The topological polar surface area (TPSA) is 84.2 Å². The molecule has 0 fully saturated rings. The average Bonchev–Trinajstić information content (AvgIpc) is 2.57. The van der Waals surface area contributed by atoms with E-state index in [2.05, 4.69) is 10.7 Å². The number of aryl methyl sites for hydroxylation is 1. The molecule has 4 N–H and O–H groups in total. The summed E-state index contributed by atoms with van der Waals surface area (Å²) in [5, 5.41) is 2.86. The molecule has 23 heavy (non-hydrogen) atoms. The number of amides is 2. The highest BCUT2D eigenvalue weighted by Gasteiger charge is 2.22. The molecular weight excluding hydrogens is 290 g/mol. The van der Waals surface area contributed by atoms with Crippen molar-refractivity contribution in [1.29, 1.82) is 0 Å². The van der Waals surface area contributed by atoms with E-state index in [9.17, 15) is 9.59 Å². The Morgan fingerprint density at radius 1 is 1.04 bits per heavy atom. The first-order chi connectivity index (χ1) is 11.1. The Kier molecular flexibility index (Phi) is 5.88. The van der Waals surface area contributed by atoms with Crippen LogP contribution in [0.1, 0.15) is 17.5 Å². The van der Waals surface area contributed by atoms with Gasteiger partial charge in [0.15, 0.2) is 0 Å². The molecule has 2 aromatic rings. The Hall–Kier alpha value is -2.66. The lowest BCUT2D eigenvalue weighted by atomic mass is 9.95. The van der Waals surface area contributed by atoms with Crippen LogP contribution in [0.4, 0.5) is 5.69 Å². The first-order valence-corrected chi connectivity index (χ1v) is 7.49. The van der Waals surface area contributed by atoms with Crippen molar-refractivity contribution in [2.45, 2.75) is 19.8 Å². The van der Waals surface area contributed by atoms with Crippen LogP contribution in [0.25, 0.3) is 0 Å². The number of hydrogen-bond acceptors (Lipinski definition) is 3. The van der Waals surface area contributed by atoms with E-state index in [0.717, 1.165) is 11.1 Å². The fourth-order valence-electron chi connectivity index (χ4n) is 2.32. The number of nitrogens with one attached hydrogen (secondary N) is 2. The third kappa shape index (κ3) is 5.23. The van der Waals surface area contributed by atoms with Gasteiger partial charge in [-0.1, -0.05) is 48.0 Å². The van der Waals surface area contributed by atoms with E-state index in [1.54, 1.807) is 0 Å². The van der Waals surface area contributed by atoms with Gasteiger partial charge in [0.1, 0.15) is 0 Å². The molecule has 0 bridgehead atoms. The average molecular weight is 311 g/mol. The molecule has 5 nitrogen and oxygen atoms in total. The summed E-state index contributed by atoms with van der Waals surface area (Å²) in [5.41, 5.74) is 4.92. The monoisotopic (exact) mass is 311 g/mol. The van der Waals surface area contributed by atoms with Crippen molar-refractivity contribution in [3.05, 3.63) is 65.7 Å². The van der Waals surface area contributed by atoms with Crippen molar-refractivity contribution < 1.29 is 9.59 Å². The summed E-state index contributed by atoms with van der Waals surface area (Å²) < 4.78 is 0. The first kappa shape index (κ1) is 16.7. The molecule has 0 saturated heterocycles. The maximum Gasteiger partial charge on any atom is 0.234 e. The van der Waals surface area contributed by atoms with Gasteiger partial charge in [-0.3, -0.25) is 15.0 Å². The summed E-state index contributed by atoms with van der Waals surface area (Å²) in [5.74, 6) is 4.12. The van der Waals surface area contributed by atoms with Crippen molar-refractivity contribution in [3.63, 3.8) is 0 Å². The largest absolute Gasteiger partial charge is 0.326 e. The molecule has 2 amide bonds. The van der Waals surface area contributed by atoms with Gasteiger partial charge < -0.3 is 5.32 Å². The summed E-state index contributed by atoms with van der Waals surface area (Å²) in [4.78, 5) is 24.1. The number of carbonyl (C=O) groups excluding carboxylic acids is 2. The lowest BCUT2D eigenvalue weighted by Crippen LogP contribution is -2.35. The Balaban J connectivity index is 2.10. The molecule has 0 aliphatic rings. The number of carbonyl (C=O) groups is 2. The summed E-state index contributed by atoms with van der Waals surface area (Å²) in [6.07, 6.45) is 0.523. The van der Waals surface area contributed by atoms with Gasteiger partial charge in [-0.25, -0.2) is 5.84 Å². The predicted molar refractivity (Wildman–Crippen MR) is 90.4 cm³/mol. The van der Waals surface area contributed by atoms with Crippen LogP contribution >= 0.6 is 0 Å². The first-order valence-electron chi connectivity index (χ1n) is 7.49. The smallest absolute Gasteiger partial charge is 0.234 e. The van der Waals surface area contributed by atoms with Crippen LogP contribution in [-0.2, 0) is 16.0 Å². The highest BCUT2D eigenvalue weighted by atomic mass is 16.2. The summed E-state index contributed by atoms with van der Waals surface area (Å²) in [6.45, 7) is 1.98. The van der Waals surface area contributed by atoms with Gasteiger partial charge in [0, 0.05) is 12.1 Å². The number of hydrogen-bond donors (Lipinski definition) is 3. The molecule has 0 heterocycles. The Labute approximate surface area is 135 Å². The van der Waals surface area contributed by atoms with Crippen molar-refractivity contribution in [1.82, 2.24) is 5.43 Å². The van der Waals surface area contributed by atoms with Crippen molar-refractivity contribution in [3.8, 4) is 0 Å². The lowest BCUT2D eigenvalue weighted by Gasteiger charge is -2.16. The van der Waals surface area contributed by atoms with E-state index >= 15 is 0 Å². The summed E-state index contributed by atoms with van der Waals surface area (Å²) in [7, 11) is 0. The van der Waals surface area contributed by atoms with Crippen LogP contribution in [0.15, 0.2) is 54.6 Å². The van der Waals surface area contributed by atoms with Crippen LogP contribution in [0.3, 0.4) is 0 Å². The second-order valence-electron chi connectivity index (χ2n) is 5.51. The second-order valence-corrected chi connectivity index (χ2v) is 5.51. The van der Waals surface area contributed by atoms with Gasteiger partial charge in [0.2, 0.25) is 11.8 Å². The number of hydrazine groups is 1. The van der Waals surface area contributed by atoms with E-state index in [4.69, 9.17) is 5.84 Å². The third-order valence-electron chi connectivity index (χ3n) is 3.61. The highest BCUT2D eigenvalue weighted by Crippen LogP contribution is 2.16. The normalized spacial score (nSPS) is 11.6. The molecule has 0 unspecified atom stereocenters. The van der Waals surface area contributed by atoms with Crippen LogP contribution in [-0.4, -0.2) is 11.8 Å². The lowest BCUT2D eigenvalue weighted by molar-refractivity contribution is -0.127. The van der Waals surface area contributed by atoms with Crippen molar-refractivity contribution in [2.75, 3.05) is 5.32 Å². The molecule has 0 aliphatic carbocycles. The van der Waals surface area contributed by atoms with E-state index in [1.807, 2.05) is 61.5 Å². The molecule has 0 radical (unpaired) electrons. The van der Waals surface area contributed by atoms with Crippen LogP contribution in [0.5, 0.6) is 0 Å². The van der Waals surface area contributed by atoms with Gasteiger partial charge >= 0.3 is 0 Å². The van der Waals surface area contributed by atoms with Crippen LogP contribution in [0, 0.1) is 12.8 Å². The van der Waals surface area contributed by atoms with Gasteiger partial charge in [-0.05, 0) is 31.0 Å². The zero-order chi connectivity index (χ0) is 16.7. The zero-order valence-corrected chi connectivity index (χ0v) is 13.1. The highest BCUT2D eigenvalue weighted by molar-refractivity contribution is 5.95. The van der Waals surface area contributed by atoms with Crippen molar-refractivity contribution >= 4 is 17.5 Å². The standard InChI is InChI=1S/C18H21N3O2/c1-13-7-9-16(10-8-13)20-18(23)15(12-17(22)21-19)11-14-5-3-2-4-6-14/h2-10,15H,11-12,19H2,1H3,(H,20,23)(H,21,22)/t15-/m0/s1. The number of anilines is 1. The van der Waals surface area contributed by atoms with E-state index in [1.165, 1.54) is 0 Å². The molecule has 2 rings (SSSR count). The maximum absolute atomic E-state index is 12.5. The van der Waals surface area contributed by atoms with E-state index in [-0.39, 0.29) is 18.2 Å². The Morgan fingerprint density at radius 3 is 2.30 bits per heavy atom. The number of nitrogens with two attached hydrogens (primary N) is 1. The minimum atomic E-state index is -0.484. The molecule has 2 aromatic carbocycles. The van der Waals surface area contributed by atoms with E-state index in [0.29, 0.717) is 12.1 Å². The number of benzene rings is 2.